The molecule has 1 N–H and O–H groups in total. The van der Waals surface area contributed by atoms with Gasteiger partial charge in [-0.25, -0.2) is 4.98 Å². The standard InChI is InChI=1S/C11H18N2O2/c1-13(2)6-3-7-15-11-5-4-10(9-14)8-12-11/h4-5,8,14H,3,6-7,9H2,1-2H3. The third kappa shape index (κ3) is 4.76. The minimum Gasteiger partial charge on any atom is -0.478 e. The van der Waals surface area contributed by atoms with Crippen LogP contribution in [0.1, 0.15) is 12.0 Å². The quantitative estimate of drug-likeness (QED) is 0.709. The number of nitrogens with zero attached hydrogens (tertiary/aromatic N) is 2. The van der Waals surface area contributed by atoms with Crippen LogP contribution in [-0.4, -0.2) is 42.2 Å². The molecule has 84 valence electrons. The van der Waals surface area contributed by atoms with Crippen LogP contribution in [0.2, 0.25) is 0 Å². The molecule has 0 aromatic carbocycles. The molecule has 4 nitrogen and oxygen atoms in total. The summed E-state index contributed by atoms with van der Waals surface area (Å²) in [5, 5.41) is 8.82. The van der Waals surface area contributed by atoms with Gasteiger partial charge in [0.1, 0.15) is 0 Å². The fourth-order valence-corrected chi connectivity index (χ4v) is 1.15. The van der Waals surface area contributed by atoms with Gasteiger partial charge in [-0.2, -0.15) is 0 Å². The highest BCUT2D eigenvalue weighted by Gasteiger charge is 1.96. The van der Waals surface area contributed by atoms with Crippen molar-refractivity contribution in [2.45, 2.75) is 13.0 Å². The first-order valence-corrected chi connectivity index (χ1v) is 5.05. The van der Waals surface area contributed by atoms with E-state index in [1.165, 1.54) is 0 Å². The Kier molecular flexibility index (Phi) is 5.07. The highest BCUT2D eigenvalue weighted by Crippen LogP contribution is 2.07. The van der Waals surface area contributed by atoms with Gasteiger partial charge in [0.15, 0.2) is 0 Å². The predicted octanol–water partition coefficient (Wildman–Crippen LogP) is 0.904. The molecule has 4 heteroatoms. The largest absolute Gasteiger partial charge is 0.478 e. The summed E-state index contributed by atoms with van der Waals surface area (Å²) >= 11 is 0. The molecule has 0 radical (unpaired) electrons. The molecule has 0 saturated carbocycles. The molecule has 1 aromatic heterocycles. The second-order valence-electron chi connectivity index (χ2n) is 3.67. The van der Waals surface area contributed by atoms with Gasteiger partial charge in [-0.1, -0.05) is 0 Å². The number of ether oxygens (including phenoxy) is 1. The van der Waals surface area contributed by atoms with Crippen LogP contribution in [0.3, 0.4) is 0 Å². The lowest BCUT2D eigenvalue weighted by Gasteiger charge is -2.09. The van der Waals surface area contributed by atoms with Gasteiger partial charge in [0.05, 0.1) is 13.2 Å². The van der Waals surface area contributed by atoms with Crippen molar-refractivity contribution in [3.63, 3.8) is 0 Å². The van der Waals surface area contributed by atoms with Crippen LogP contribution in [0.4, 0.5) is 0 Å². The maximum atomic E-state index is 8.82. The highest BCUT2D eigenvalue weighted by molar-refractivity contribution is 5.16. The molecular formula is C11H18N2O2. The molecule has 1 aromatic rings. The van der Waals surface area contributed by atoms with Crippen LogP contribution in [0.5, 0.6) is 5.88 Å². The zero-order chi connectivity index (χ0) is 11.1. The van der Waals surface area contributed by atoms with E-state index in [1.807, 2.05) is 20.2 Å². The lowest BCUT2D eigenvalue weighted by atomic mass is 10.3. The topological polar surface area (TPSA) is 45.6 Å². The molecule has 1 heterocycles. The van der Waals surface area contributed by atoms with E-state index < -0.39 is 0 Å². The summed E-state index contributed by atoms with van der Waals surface area (Å²) < 4.78 is 5.44. The lowest BCUT2D eigenvalue weighted by Crippen LogP contribution is -2.15. The molecule has 0 amide bonds. The van der Waals surface area contributed by atoms with E-state index in [4.69, 9.17) is 9.84 Å². The van der Waals surface area contributed by atoms with E-state index >= 15 is 0 Å². The summed E-state index contributed by atoms with van der Waals surface area (Å²) in [6, 6.07) is 3.59. The van der Waals surface area contributed by atoms with Crippen molar-refractivity contribution in [2.24, 2.45) is 0 Å². The first-order valence-electron chi connectivity index (χ1n) is 5.05. The zero-order valence-corrected chi connectivity index (χ0v) is 9.31. The van der Waals surface area contributed by atoms with Crippen LogP contribution in [0.25, 0.3) is 0 Å². The van der Waals surface area contributed by atoms with E-state index in [2.05, 4.69) is 9.88 Å². The number of hydrogen-bond donors (Lipinski definition) is 1. The highest BCUT2D eigenvalue weighted by atomic mass is 16.5. The third-order valence-electron chi connectivity index (χ3n) is 1.98. The molecule has 0 bridgehead atoms. The minimum absolute atomic E-state index is 0.0217. The Morgan fingerprint density at radius 1 is 1.40 bits per heavy atom. The Morgan fingerprint density at radius 2 is 2.20 bits per heavy atom. The van der Waals surface area contributed by atoms with Crippen molar-refractivity contribution in [3.8, 4) is 5.88 Å². The summed E-state index contributed by atoms with van der Waals surface area (Å²) in [7, 11) is 4.07. The Balaban J connectivity index is 2.25. The zero-order valence-electron chi connectivity index (χ0n) is 9.31. The van der Waals surface area contributed by atoms with Gasteiger partial charge >= 0.3 is 0 Å². The maximum Gasteiger partial charge on any atom is 0.213 e. The van der Waals surface area contributed by atoms with Gasteiger partial charge in [0.2, 0.25) is 5.88 Å². The molecule has 0 aliphatic rings. The minimum atomic E-state index is 0.0217. The summed E-state index contributed by atoms with van der Waals surface area (Å²) in [5.41, 5.74) is 0.802. The predicted molar refractivity (Wildman–Crippen MR) is 58.8 cm³/mol. The van der Waals surface area contributed by atoms with Gasteiger partial charge < -0.3 is 14.7 Å². The van der Waals surface area contributed by atoms with Gasteiger partial charge in [-0.15, -0.1) is 0 Å². The number of aliphatic hydroxyl groups excluding tert-OH is 1. The molecule has 1 rings (SSSR count). The van der Waals surface area contributed by atoms with E-state index in [0.717, 1.165) is 18.5 Å². The van der Waals surface area contributed by atoms with Crippen LogP contribution in [-0.2, 0) is 6.61 Å². The van der Waals surface area contributed by atoms with Gasteiger partial charge in [0.25, 0.3) is 0 Å². The van der Waals surface area contributed by atoms with Crippen molar-refractivity contribution in [3.05, 3.63) is 23.9 Å². The van der Waals surface area contributed by atoms with Crippen LogP contribution in [0.15, 0.2) is 18.3 Å². The fourth-order valence-electron chi connectivity index (χ4n) is 1.15. The Hall–Kier alpha value is -1.13. The van der Waals surface area contributed by atoms with Gasteiger partial charge in [-0.3, -0.25) is 0 Å². The normalized spacial score (nSPS) is 10.7. The summed E-state index contributed by atoms with van der Waals surface area (Å²) in [6.07, 6.45) is 2.61. The number of pyridine rings is 1. The average molecular weight is 210 g/mol. The van der Waals surface area contributed by atoms with E-state index in [9.17, 15) is 0 Å². The first-order chi connectivity index (χ1) is 7.22. The number of hydrogen-bond acceptors (Lipinski definition) is 4. The first kappa shape index (κ1) is 11.9. The lowest BCUT2D eigenvalue weighted by molar-refractivity contribution is 0.269. The maximum absolute atomic E-state index is 8.82. The van der Waals surface area contributed by atoms with E-state index in [0.29, 0.717) is 12.5 Å². The second-order valence-corrected chi connectivity index (χ2v) is 3.67. The van der Waals surface area contributed by atoms with Crippen LogP contribution >= 0.6 is 0 Å². The molecular weight excluding hydrogens is 192 g/mol. The summed E-state index contributed by atoms with van der Waals surface area (Å²) in [4.78, 5) is 6.19. The van der Waals surface area contributed by atoms with Gasteiger partial charge in [0, 0.05) is 18.8 Å². The van der Waals surface area contributed by atoms with Crippen molar-refractivity contribution >= 4 is 0 Å². The fraction of sp³-hybridized carbons (Fsp3) is 0.545. The Bertz CT molecular complexity index is 272. The number of aromatic nitrogens is 1. The Morgan fingerprint density at radius 3 is 2.73 bits per heavy atom. The molecule has 0 spiro atoms. The monoisotopic (exact) mass is 210 g/mol. The molecule has 0 atom stereocenters. The van der Waals surface area contributed by atoms with Gasteiger partial charge in [-0.05, 0) is 32.1 Å². The smallest absolute Gasteiger partial charge is 0.213 e. The SMILES string of the molecule is CN(C)CCCOc1ccc(CO)cn1. The number of rotatable bonds is 6. The van der Waals surface area contributed by atoms with Crippen molar-refractivity contribution < 1.29 is 9.84 Å². The second kappa shape index (κ2) is 6.37. The average Bonchev–Trinajstić information content (AvgIpc) is 2.25. The molecule has 0 aliphatic carbocycles. The molecule has 0 saturated heterocycles. The molecule has 0 fully saturated rings. The van der Waals surface area contributed by atoms with Crippen molar-refractivity contribution in [2.75, 3.05) is 27.2 Å². The third-order valence-corrected chi connectivity index (χ3v) is 1.98. The summed E-state index contributed by atoms with van der Waals surface area (Å²) in [5.74, 6) is 0.617. The van der Waals surface area contributed by atoms with Crippen molar-refractivity contribution in [1.82, 2.24) is 9.88 Å². The van der Waals surface area contributed by atoms with Crippen LogP contribution in [0, 0.1) is 0 Å². The van der Waals surface area contributed by atoms with Crippen LogP contribution < -0.4 is 4.74 Å². The summed E-state index contributed by atoms with van der Waals surface area (Å²) in [6.45, 7) is 1.70. The molecule has 0 aliphatic heterocycles. The molecule has 15 heavy (non-hydrogen) atoms. The number of aliphatic hydroxyl groups is 1. The Labute approximate surface area is 90.5 Å². The van der Waals surface area contributed by atoms with E-state index in [-0.39, 0.29) is 6.61 Å². The van der Waals surface area contributed by atoms with Crippen molar-refractivity contribution in [1.29, 1.82) is 0 Å². The van der Waals surface area contributed by atoms with E-state index in [1.54, 1.807) is 12.3 Å². The molecule has 0 unspecified atom stereocenters.